The zero-order chi connectivity index (χ0) is 14.5. The molecule has 2 N–H and O–H groups in total. The minimum Gasteiger partial charge on any atom is -0.370 e. The third-order valence-electron chi connectivity index (χ3n) is 2.69. The number of hydrogen-bond acceptors (Lipinski definition) is 4. The van der Waals surface area contributed by atoms with Gasteiger partial charge in [0.2, 0.25) is 0 Å². The van der Waals surface area contributed by atoms with Crippen LogP contribution in [0.2, 0.25) is 5.02 Å². The molecule has 0 aromatic carbocycles. The van der Waals surface area contributed by atoms with E-state index in [1.807, 2.05) is 6.92 Å². The number of carbonyl (C=O) groups is 1. The fourth-order valence-corrected chi connectivity index (χ4v) is 1.92. The number of H-pyrrole nitrogens is 1. The number of aromatic amines is 1. The van der Waals surface area contributed by atoms with E-state index < -0.39 is 0 Å². The largest absolute Gasteiger partial charge is 0.370 e. The number of anilines is 1. The van der Waals surface area contributed by atoms with Gasteiger partial charge < -0.3 is 15.2 Å². The summed E-state index contributed by atoms with van der Waals surface area (Å²) in [6.07, 6.45) is 3.36. The van der Waals surface area contributed by atoms with Gasteiger partial charge in [0.05, 0.1) is 11.6 Å². The number of hydrogen-bond donors (Lipinski definition) is 2. The van der Waals surface area contributed by atoms with Crippen molar-refractivity contribution < 1.29 is 4.79 Å². The molecular weight excluding hydrogens is 278 g/mol. The van der Waals surface area contributed by atoms with Crippen LogP contribution in [0, 0.1) is 0 Å². The average molecular weight is 294 g/mol. The van der Waals surface area contributed by atoms with Crippen molar-refractivity contribution in [1.82, 2.24) is 19.9 Å². The molecule has 0 atom stereocenters. The Hall–Kier alpha value is -2.08. The van der Waals surface area contributed by atoms with E-state index in [1.165, 1.54) is 4.90 Å². The van der Waals surface area contributed by atoms with Gasteiger partial charge in [-0.2, -0.15) is 0 Å². The normalized spacial score (nSPS) is 10.3. The van der Waals surface area contributed by atoms with Crippen molar-refractivity contribution in [2.24, 2.45) is 0 Å². The first kappa shape index (κ1) is 14.3. The number of nitrogens with one attached hydrogen (secondary N) is 2. The lowest BCUT2D eigenvalue weighted by Gasteiger charge is -2.16. The van der Waals surface area contributed by atoms with Crippen molar-refractivity contribution in [3.8, 4) is 0 Å². The topological polar surface area (TPSA) is 73.9 Å². The number of aromatic nitrogens is 3. The van der Waals surface area contributed by atoms with Gasteiger partial charge in [-0.1, -0.05) is 11.6 Å². The van der Waals surface area contributed by atoms with Gasteiger partial charge >= 0.3 is 0 Å². The van der Waals surface area contributed by atoms with Crippen LogP contribution in [0.4, 0.5) is 5.82 Å². The number of imidazole rings is 1. The molecule has 0 bridgehead atoms. The summed E-state index contributed by atoms with van der Waals surface area (Å²) >= 11 is 6.06. The molecule has 2 heterocycles. The molecule has 20 heavy (non-hydrogen) atoms. The molecule has 0 spiro atoms. The van der Waals surface area contributed by atoms with Gasteiger partial charge in [-0.05, 0) is 19.1 Å². The zero-order valence-electron chi connectivity index (χ0n) is 11.4. The number of pyridine rings is 1. The van der Waals surface area contributed by atoms with Crippen molar-refractivity contribution in [2.45, 2.75) is 13.5 Å². The molecule has 0 radical (unpaired) electrons. The number of carbonyl (C=O) groups excluding carboxylic acids is 1. The van der Waals surface area contributed by atoms with Crippen LogP contribution in [0.25, 0.3) is 0 Å². The summed E-state index contributed by atoms with van der Waals surface area (Å²) in [5.74, 6) is 1.10. The molecule has 106 valence electrons. The van der Waals surface area contributed by atoms with E-state index in [1.54, 1.807) is 31.6 Å². The van der Waals surface area contributed by atoms with E-state index in [9.17, 15) is 4.79 Å². The Morgan fingerprint density at radius 3 is 2.95 bits per heavy atom. The zero-order valence-corrected chi connectivity index (χ0v) is 12.1. The van der Waals surface area contributed by atoms with Gasteiger partial charge in [-0.3, -0.25) is 4.79 Å². The Balaban J connectivity index is 2.17. The van der Waals surface area contributed by atoms with Crippen LogP contribution < -0.4 is 5.32 Å². The molecule has 0 saturated heterocycles. The fourth-order valence-electron chi connectivity index (χ4n) is 1.73. The average Bonchev–Trinajstić information content (AvgIpc) is 2.93. The number of nitrogens with zero attached hydrogens (tertiary/aromatic N) is 3. The summed E-state index contributed by atoms with van der Waals surface area (Å²) in [6, 6.07) is 3.41. The minimum absolute atomic E-state index is 0.235. The second kappa shape index (κ2) is 6.38. The first-order valence-electron chi connectivity index (χ1n) is 6.26. The Bertz CT molecular complexity index is 584. The number of rotatable bonds is 5. The van der Waals surface area contributed by atoms with Crippen LogP contribution in [0.5, 0.6) is 0 Å². The maximum Gasteiger partial charge on any atom is 0.274 e. The summed E-state index contributed by atoms with van der Waals surface area (Å²) in [7, 11) is 1.68. The molecule has 2 aromatic heterocycles. The molecule has 2 aromatic rings. The lowest BCUT2D eigenvalue weighted by molar-refractivity contribution is 0.0776. The van der Waals surface area contributed by atoms with Crippen LogP contribution >= 0.6 is 11.6 Å². The highest BCUT2D eigenvalue weighted by atomic mass is 35.5. The van der Waals surface area contributed by atoms with E-state index in [4.69, 9.17) is 11.6 Å². The summed E-state index contributed by atoms with van der Waals surface area (Å²) in [5.41, 5.74) is 0.235. The summed E-state index contributed by atoms with van der Waals surface area (Å²) in [4.78, 5) is 25.2. The third kappa shape index (κ3) is 3.27. The Kier molecular flexibility index (Phi) is 4.57. The predicted molar refractivity (Wildman–Crippen MR) is 77.8 cm³/mol. The van der Waals surface area contributed by atoms with Crippen molar-refractivity contribution in [2.75, 3.05) is 18.9 Å². The first-order valence-corrected chi connectivity index (χ1v) is 6.63. The van der Waals surface area contributed by atoms with E-state index >= 15 is 0 Å². The van der Waals surface area contributed by atoms with Crippen molar-refractivity contribution in [1.29, 1.82) is 0 Å². The van der Waals surface area contributed by atoms with E-state index in [0.717, 1.165) is 6.54 Å². The third-order valence-corrected chi connectivity index (χ3v) is 3.00. The molecule has 0 unspecified atom stereocenters. The van der Waals surface area contributed by atoms with Gasteiger partial charge in [0, 0.05) is 26.0 Å². The first-order chi connectivity index (χ1) is 9.61. The monoisotopic (exact) mass is 293 g/mol. The van der Waals surface area contributed by atoms with Crippen molar-refractivity contribution in [3.63, 3.8) is 0 Å². The molecule has 0 aliphatic carbocycles. The number of amides is 1. The second-order valence-electron chi connectivity index (χ2n) is 4.25. The quantitative estimate of drug-likeness (QED) is 0.886. The molecule has 0 aliphatic heterocycles. The summed E-state index contributed by atoms with van der Waals surface area (Å²) in [6.45, 7) is 3.06. The lowest BCUT2D eigenvalue weighted by Crippen LogP contribution is -2.28. The van der Waals surface area contributed by atoms with Crippen LogP contribution in [0.15, 0.2) is 24.5 Å². The standard InChI is InChI=1S/C13H16ClN5O/c1-3-15-10-5-4-9(14)12(18-10)13(20)19(2)8-11-16-6-7-17-11/h4-7H,3,8H2,1-2H3,(H,15,18)(H,16,17). The molecule has 0 fully saturated rings. The molecule has 0 aliphatic rings. The molecule has 7 heteroatoms. The smallest absolute Gasteiger partial charge is 0.274 e. The van der Waals surface area contributed by atoms with Crippen molar-refractivity contribution in [3.05, 3.63) is 41.1 Å². The molecule has 1 amide bonds. The molecule has 6 nitrogen and oxygen atoms in total. The van der Waals surface area contributed by atoms with Gasteiger partial charge in [0.15, 0.2) is 0 Å². The molecule has 0 saturated carbocycles. The Morgan fingerprint density at radius 2 is 2.30 bits per heavy atom. The van der Waals surface area contributed by atoms with Crippen LogP contribution in [-0.4, -0.2) is 39.4 Å². The van der Waals surface area contributed by atoms with E-state index in [0.29, 0.717) is 23.2 Å². The second-order valence-corrected chi connectivity index (χ2v) is 4.66. The van der Waals surface area contributed by atoms with Crippen molar-refractivity contribution >= 4 is 23.3 Å². The molecular formula is C13H16ClN5O. The Labute approximate surface area is 122 Å². The maximum absolute atomic E-state index is 12.4. The van der Waals surface area contributed by atoms with E-state index in [2.05, 4.69) is 20.3 Å². The highest BCUT2D eigenvalue weighted by Gasteiger charge is 2.18. The summed E-state index contributed by atoms with van der Waals surface area (Å²) < 4.78 is 0. The fraction of sp³-hybridized carbons (Fsp3) is 0.308. The van der Waals surface area contributed by atoms with Crippen LogP contribution in [0.3, 0.4) is 0 Å². The van der Waals surface area contributed by atoms with Crippen LogP contribution in [0.1, 0.15) is 23.2 Å². The van der Waals surface area contributed by atoms with Gasteiger partial charge in [-0.15, -0.1) is 0 Å². The highest BCUT2D eigenvalue weighted by Crippen LogP contribution is 2.18. The van der Waals surface area contributed by atoms with Gasteiger partial charge in [-0.25, -0.2) is 9.97 Å². The highest BCUT2D eigenvalue weighted by molar-refractivity contribution is 6.33. The predicted octanol–water partition coefficient (Wildman–Crippen LogP) is 2.16. The number of halogens is 1. The SMILES string of the molecule is CCNc1ccc(Cl)c(C(=O)N(C)Cc2ncc[nH]2)n1. The summed E-state index contributed by atoms with van der Waals surface area (Å²) in [5, 5.41) is 3.39. The Morgan fingerprint density at radius 1 is 1.50 bits per heavy atom. The van der Waals surface area contributed by atoms with Crippen LogP contribution in [-0.2, 0) is 6.54 Å². The van der Waals surface area contributed by atoms with E-state index in [-0.39, 0.29) is 11.6 Å². The van der Waals surface area contributed by atoms with Gasteiger partial charge in [0.25, 0.3) is 5.91 Å². The maximum atomic E-state index is 12.4. The molecule has 2 rings (SSSR count). The minimum atomic E-state index is -0.244. The van der Waals surface area contributed by atoms with Gasteiger partial charge in [0.1, 0.15) is 17.3 Å². The lowest BCUT2D eigenvalue weighted by atomic mass is 10.3.